The molecule has 0 unspecified atom stereocenters. The third kappa shape index (κ3) is 8.87. The lowest BCUT2D eigenvalue weighted by Crippen LogP contribution is -2.48. The highest BCUT2D eigenvalue weighted by Crippen LogP contribution is 2.06. The molecule has 0 spiro atoms. The number of carbonyl (C=O) groups excluding carboxylic acids is 4. The maximum absolute atomic E-state index is 12.0. The van der Waals surface area contributed by atoms with Crippen LogP contribution in [-0.4, -0.2) is 53.8 Å². The number of carbonyl (C=O) groups is 5. The molecule has 0 aliphatic rings. The summed E-state index contributed by atoms with van der Waals surface area (Å²) in [5.41, 5.74) is 5.94. The predicted octanol–water partition coefficient (Wildman–Crippen LogP) is -1.38. The number of benzene rings is 1. The van der Waals surface area contributed by atoms with Crippen LogP contribution in [0, 0.1) is 12.3 Å². The Kier molecular flexibility index (Phi) is 9.13. The van der Waals surface area contributed by atoms with E-state index in [1.807, 2.05) is 0 Å². The van der Waals surface area contributed by atoms with Crippen LogP contribution in [0.5, 0.6) is 0 Å². The van der Waals surface area contributed by atoms with Crippen LogP contribution in [0.15, 0.2) is 30.3 Å². The van der Waals surface area contributed by atoms with Crippen molar-refractivity contribution < 1.29 is 29.1 Å². The number of aliphatic carboxylic acids is 1. The second-order valence-electron chi connectivity index (χ2n) is 5.68. The quantitative estimate of drug-likeness (QED) is 0.240. The van der Waals surface area contributed by atoms with E-state index in [1.54, 1.807) is 12.1 Å². The van der Waals surface area contributed by atoms with Crippen LogP contribution in [0.1, 0.15) is 22.3 Å². The van der Waals surface area contributed by atoms with E-state index in [0.29, 0.717) is 5.56 Å². The fourth-order valence-electron chi connectivity index (χ4n) is 2.00. The van der Waals surface area contributed by atoms with Gasteiger partial charge in [-0.1, -0.05) is 12.1 Å². The smallest absolute Gasteiger partial charge is 0.328 e. The molecule has 0 heterocycles. The Hall–Kier alpha value is -4.13. The van der Waals surface area contributed by atoms with E-state index in [0.717, 1.165) is 6.08 Å². The van der Waals surface area contributed by atoms with Crippen LogP contribution in [0.3, 0.4) is 0 Å². The highest BCUT2D eigenvalue weighted by atomic mass is 16.4. The fourth-order valence-corrected chi connectivity index (χ4v) is 2.00. The van der Waals surface area contributed by atoms with Crippen molar-refractivity contribution in [2.75, 3.05) is 13.1 Å². The van der Waals surface area contributed by atoms with Crippen LogP contribution in [-0.2, 0) is 19.2 Å². The van der Waals surface area contributed by atoms with E-state index in [1.165, 1.54) is 18.2 Å². The van der Waals surface area contributed by atoms with E-state index in [-0.39, 0.29) is 18.5 Å². The van der Waals surface area contributed by atoms with Crippen molar-refractivity contribution in [3.05, 3.63) is 41.5 Å². The van der Waals surface area contributed by atoms with Crippen molar-refractivity contribution in [1.29, 1.82) is 0 Å². The Morgan fingerprint density at radius 2 is 1.69 bits per heavy atom. The lowest BCUT2D eigenvalue weighted by Gasteiger charge is -2.13. The Bertz CT molecular complexity index is 854. The summed E-state index contributed by atoms with van der Waals surface area (Å²) in [6.45, 7) is -0.802. The van der Waals surface area contributed by atoms with Crippen LogP contribution in [0.2, 0.25) is 0 Å². The van der Waals surface area contributed by atoms with Crippen molar-refractivity contribution in [3.8, 4) is 12.3 Å². The SMILES string of the molecule is C#CC[C@H](NC(=O)CNC(=O)CNC(=O)c1ccc(/C=C/C(=O)O)cc1)C(N)=O. The average molecular weight is 400 g/mol. The molecule has 0 saturated heterocycles. The van der Waals surface area contributed by atoms with E-state index in [9.17, 15) is 24.0 Å². The lowest BCUT2D eigenvalue weighted by molar-refractivity contribution is -0.131. The van der Waals surface area contributed by atoms with Gasteiger partial charge in [-0.15, -0.1) is 12.3 Å². The number of hydrogen-bond acceptors (Lipinski definition) is 5. The summed E-state index contributed by atoms with van der Waals surface area (Å²) in [7, 11) is 0. The highest BCUT2D eigenvalue weighted by molar-refractivity contribution is 5.97. The molecule has 10 heteroatoms. The molecular formula is C19H20N4O6. The van der Waals surface area contributed by atoms with Gasteiger partial charge in [0.15, 0.2) is 0 Å². The monoisotopic (exact) mass is 400 g/mol. The largest absolute Gasteiger partial charge is 0.478 e. The summed E-state index contributed by atoms with van der Waals surface area (Å²) in [5, 5.41) is 15.5. The lowest BCUT2D eigenvalue weighted by atomic mass is 10.1. The topological polar surface area (TPSA) is 168 Å². The van der Waals surface area contributed by atoms with E-state index >= 15 is 0 Å². The van der Waals surface area contributed by atoms with Crippen molar-refractivity contribution in [3.63, 3.8) is 0 Å². The van der Waals surface area contributed by atoms with E-state index in [4.69, 9.17) is 17.3 Å². The van der Waals surface area contributed by atoms with Crippen molar-refractivity contribution >= 4 is 35.7 Å². The standard InChI is InChI=1S/C19H20N4O6/c1-2-3-14(18(20)28)23-16(25)11-21-15(24)10-22-19(29)13-7-4-12(5-8-13)6-9-17(26)27/h1,4-9,14H,3,10-11H2,(H2,20,28)(H,21,24)(H,22,29)(H,23,25)(H,26,27)/b9-6+/t14-/m0/s1. The first kappa shape index (κ1) is 22.9. The van der Waals surface area contributed by atoms with Crippen LogP contribution < -0.4 is 21.7 Å². The number of hydrogen-bond donors (Lipinski definition) is 5. The Morgan fingerprint density at radius 1 is 1.07 bits per heavy atom. The summed E-state index contributed by atoms with van der Waals surface area (Å²) in [6.07, 6.45) is 7.33. The van der Waals surface area contributed by atoms with Gasteiger partial charge in [0.2, 0.25) is 17.7 Å². The number of nitrogens with two attached hydrogens (primary N) is 1. The first-order valence-electron chi connectivity index (χ1n) is 8.31. The van der Waals surface area contributed by atoms with Gasteiger partial charge in [0.05, 0.1) is 13.1 Å². The van der Waals surface area contributed by atoms with Gasteiger partial charge in [0, 0.05) is 18.1 Å². The van der Waals surface area contributed by atoms with Crippen LogP contribution >= 0.6 is 0 Å². The second kappa shape index (κ2) is 11.6. The molecule has 0 fully saturated rings. The molecular weight excluding hydrogens is 380 g/mol. The van der Waals surface area contributed by atoms with Gasteiger partial charge >= 0.3 is 5.97 Å². The molecule has 4 amide bonds. The minimum atomic E-state index is -1.09. The second-order valence-corrected chi connectivity index (χ2v) is 5.68. The number of terminal acetylenes is 1. The van der Waals surface area contributed by atoms with E-state index in [2.05, 4.69) is 21.9 Å². The Balaban J connectivity index is 2.43. The molecule has 0 radical (unpaired) electrons. The average Bonchev–Trinajstić information content (AvgIpc) is 2.68. The molecule has 10 nitrogen and oxygen atoms in total. The normalized spacial score (nSPS) is 11.1. The summed E-state index contributed by atoms with van der Waals surface area (Å²) in [4.78, 5) is 57.0. The van der Waals surface area contributed by atoms with Crippen molar-refractivity contribution in [1.82, 2.24) is 16.0 Å². The van der Waals surface area contributed by atoms with Crippen LogP contribution in [0.25, 0.3) is 6.08 Å². The van der Waals surface area contributed by atoms with Crippen molar-refractivity contribution in [2.45, 2.75) is 12.5 Å². The van der Waals surface area contributed by atoms with Gasteiger partial charge in [-0.2, -0.15) is 0 Å². The van der Waals surface area contributed by atoms with Crippen molar-refractivity contribution in [2.24, 2.45) is 5.73 Å². The van der Waals surface area contributed by atoms with Gasteiger partial charge < -0.3 is 26.8 Å². The molecule has 1 rings (SSSR count). The Labute approximate surface area is 166 Å². The number of nitrogens with one attached hydrogen (secondary N) is 3. The number of amides is 4. The molecule has 1 aromatic carbocycles. The summed E-state index contributed by atoms with van der Waals surface area (Å²) in [6, 6.07) is 5.00. The van der Waals surface area contributed by atoms with Gasteiger partial charge in [-0.05, 0) is 23.8 Å². The zero-order valence-electron chi connectivity index (χ0n) is 15.3. The predicted molar refractivity (Wildman–Crippen MR) is 103 cm³/mol. The minimum Gasteiger partial charge on any atom is -0.478 e. The fraction of sp³-hybridized carbons (Fsp3) is 0.211. The molecule has 0 aliphatic heterocycles. The minimum absolute atomic E-state index is 0.0734. The Morgan fingerprint density at radius 3 is 2.24 bits per heavy atom. The molecule has 6 N–H and O–H groups in total. The zero-order valence-corrected chi connectivity index (χ0v) is 15.3. The summed E-state index contributed by atoms with van der Waals surface area (Å²) < 4.78 is 0. The third-order valence-corrected chi connectivity index (χ3v) is 3.45. The first-order valence-corrected chi connectivity index (χ1v) is 8.31. The van der Waals surface area contributed by atoms with Gasteiger partial charge in [-0.25, -0.2) is 4.79 Å². The molecule has 0 aromatic heterocycles. The van der Waals surface area contributed by atoms with Gasteiger partial charge in [0.25, 0.3) is 5.91 Å². The molecule has 1 aromatic rings. The first-order chi connectivity index (χ1) is 13.7. The maximum Gasteiger partial charge on any atom is 0.328 e. The number of carboxylic acids is 1. The number of primary amides is 1. The third-order valence-electron chi connectivity index (χ3n) is 3.45. The number of rotatable bonds is 10. The molecule has 152 valence electrons. The zero-order chi connectivity index (χ0) is 21.8. The van der Waals surface area contributed by atoms with Gasteiger partial charge in [0.1, 0.15) is 6.04 Å². The highest BCUT2D eigenvalue weighted by Gasteiger charge is 2.17. The van der Waals surface area contributed by atoms with E-state index < -0.39 is 42.2 Å². The summed E-state index contributed by atoms with van der Waals surface area (Å²) >= 11 is 0. The molecule has 0 bridgehead atoms. The molecule has 1 atom stereocenters. The maximum atomic E-state index is 12.0. The van der Waals surface area contributed by atoms with Crippen LogP contribution in [0.4, 0.5) is 0 Å². The molecule has 29 heavy (non-hydrogen) atoms. The van der Waals surface area contributed by atoms with Gasteiger partial charge in [-0.3, -0.25) is 19.2 Å². The number of carboxylic acid groups (broad SMARTS) is 1. The molecule has 0 saturated carbocycles. The summed E-state index contributed by atoms with van der Waals surface area (Å²) in [5.74, 6) is -1.49. The molecule has 0 aliphatic carbocycles.